The van der Waals surface area contributed by atoms with Crippen molar-refractivity contribution in [2.75, 3.05) is 0 Å². The van der Waals surface area contributed by atoms with Gasteiger partial charge in [-0.1, -0.05) is 12.1 Å². The molecule has 1 aromatic carbocycles. The van der Waals surface area contributed by atoms with Gasteiger partial charge < -0.3 is 14.8 Å². The Bertz CT molecular complexity index is 611. The highest BCUT2D eigenvalue weighted by atomic mass is 19.1. The smallest absolute Gasteiger partial charge is 0.339 e. The van der Waals surface area contributed by atoms with Gasteiger partial charge in [0.1, 0.15) is 17.1 Å². The molecule has 0 atom stereocenters. The summed E-state index contributed by atoms with van der Waals surface area (Å²) in [5.41, 5.74) is 2.31. The summed E-state index contributed by atoms with van der Waals surface area (Å²) >= 11 is 0. The van der Waals surface area contributed by atoms with Crippen LogP contribution < -0.4 is 5.32 Å². The number of aromatic carboxylic acids is 1. The Morgan fingerprint density at radius 1 is 1.30 bits per heavy atom. The van der Waals surface area contributed by atoms with Crippen molar-refractivity contribution in [1.82, 2.24) is 5.32 Å². The summed E-state index contributed by atoms with van der Waals surface area (Å²) in [5, 5.41) is 12.0. The second-order valence-corrected chi connectivity index (χ2v) is 4.71. The number of nitrogens with one attached hydrogen (secondary N) is 1. The molecule has 0 aliphatic rings. The highest BCUT2D eigenvalue weighted by Crippen LogP contribution is 2.15. The average molecular weight is 277 g/mol. The fourth-order valence-corrected chi connectivity index (χ4v) is 2.13. The number of hydrogen-bond donors (Lipinski definition) is 2. The van der Waals surface area contributed by atoms with E-state index in [-0.39, 0.29) is 11.4 Å². The summed E-state index contributed by atoms with van der Waals surface area (Å²) in [4.78, 5) is 10.9. The first-order valence-corrected chi connectivity index (χ1v) is 6.25. The van der Waals surface area contributed by atoms with Crippen molar-refractivity contribution in [2.24, 2.45) is 0 Å². The van der Waals surface area contributed by atoms with Crippen LogP contribution in [0.3, 0.4) is 0 Å². The Kier molecular flexibility index (Phi) is 4.20. The van der Waals surface area contributed by atoms with E-state index in [2.05, 4.69) is 5.32 Å². The molecule has 2 rings (SSSR count). The highest BCUT2D eigenvalue weighted by molar-refractivity contribution is 5.88. The van der Waals surface area contributed by atoms with Gasteiger partial charge in [-0.3, -0.25) is 0 Å². The summed E-state index contributed by atoms with van der Waals surface area (Å²) in [6, 6.07) is 4.97. The van der Waals surface area contributed by atoms with Crippen molar-refractivity contribution in [1.29, 1.82) is 0 Å². The Morgan fingerprint density at radius 3 is 2.55 bits per heavy atom. The molecule has 0 unspecified atom stereocenters. The number of carboxylic acid groups (broad SMARTS) is 1. The Hall–Kier alpha value is -2.14. The van der Waals surface area contributed by atoms with Gasteiger partial charge in [0, 0.05) is 6.54 Å². The molecule has 0 radical (unpaired) electrons. The van der Waals surface area contributed by atoms with Gasteiger partial charge >= 0.3 is 5.97 Å². The van der Waals surface area contributed by atoms with E-state index in [4.69, 9.17) is 9.52 Å². The van der Waals surface area contributed by atoms with Gasteiger partial charge in [0.2, 0.25) is 0 Å². The third-order valence-corrected chi connectivity index (χ3v) is 3.09. The lowest BCUT2D eigenvalue weighted by molar-refractivity contribution is 0.0694. The molecule has 5 heteroatoms. The maximum absolute atomic E-state index is 13.5. The second kappa shape index (κ2) is 5.88. The molecule has 0 saturated carbocycles. The number of halogens is 1. The van der Waals surface area contributed by atoms with Crippen LogP contribution in [0.15, 0.2) is 28.9 Å². The van der Waals surface area contributed by atoms with Crippen LogP contribution in [0.25, 0.3) is 0 Å². The zero-order valence-electron chi connectivity index (χ0n) is 11.4. The molecule has 1 aromatic heterocycles. The normalized spacial score (nSPS) is 10.8. The van der Waals surface area contributed by atoms with Crippen LogP contribution in [-0.2, 0) is 13.1 Å². The summed E-state index contributed by atoms with van der Waals surface area (Å²) in [6.45, 7) is 4.27. The summed E-state index contributed by atoms with van der Waals surface area (Å²) in [7, 11) is 0. The molecular weight excluding hydrogens is 261 g/mol. The Labute approximate surface area is 116 Å². The van der Waals surface area contributed by atoms with Crippen LogP contribution in [0.5, 0.6) is 0 Å². The molecule has 0 fully saturated rings. The second-order valence-electron chi connectivity index (χ2n) is 4.71. The highest BCUT2D eigenvalue weighted by Gasteiger charge is 2.12. The summed E-state index contributed by atoms with van der Waals surface area (Å²) in [6.07, 6.45) is 1.35. The molecule has 2 N–H and O–H groups in total. The molecule has 1 heterocycles. The fourth-order valence-electron chi connectivity index (χ4n) is 2.13. The van der Waals surface area contributed by atoms with Crippen molar-refractivity contribution in [3.8, 4) is 0 Å². The summed E-state index contributed by atoms with van der Waals surface area (Å²) < 4.78 is 18.6. The first-order valence-electron chi connectivity index (χ1n) is 6.25. The van der Waals surface area contributed by atoms with E-state index in [9.17, 15) is 9.18 Å². The first kappa shape index (κ1) is 14.3. The molecule has 0 spiro atoms. The van der Waals surface area contributed by atoms with Crippen LogP contribution in [0, 0.1) is 19.7 Å². The quantitative estimate of drug-likeness (QED) is 0.881. The van der Waals surface area contributed by atoms with Gasteiger partial charge in [-0.2, -0.15) is 0 Å². The molecule has 0 aliphatic carbocycles. The molecule has 106 valence electrons. The lowest BCUT2D eigenvalue weighted by Crippen LogP contribution is -2.14. The molecule has 4 nitrogen and oxygen atoms in total. The predicted molar refractivity (Wildman–Crippen MR) is 72.1 cm³/mol. The minimum atomic E-state index is -1.01. The van der Waals surface area contributed by atoms with Crippen molar-refractivity contribution in [3.05, 3.63) is 58.3 Å². The lowest BCUT2D eigenvalue weighted by atomic mass is 10.1. The van der Waals surface area contributed by atoms with E-state index in [1.165, 1.54) is 12.3 Å². The molecule has 20 heavy (non-hydrogen) atoms. The van der Waals surface area contributed by atoms with Crippen molar-refractivity contribution >= 4 is 5.97 Å². The van der Waals surface area contributed by atoms with Crippen LogP contribution in [0.1, 0.15) is 32.8 Å². The van der Waals surface area contributed by atoms with E-state index < -0.39 is 5.97 Å². The van der Waals surface area contributed by atoms with Crippen LogP contribution in [0.4, 0.5) is 4.39 Å². The van der Waals surface area contributed by atoms with Gasteiger partial charge in [-0.05, 0) is 36.6 Å². The number of benzene rings is 1. The van der Waals surface area contributed by atoms with E-state index in [1.54, 1.807) is 26.0 Å². The van der Waals surface area contributed by atoms with Crippen molar-refractivity contribution < 1.29 is 18.7 Å². The fraction of sp³-hybridized carbons (Fsp3) is 0.267. The Balaban J connectivity index is 2.00. The van der Waals surface area contributed by atoms with Gasteiger partial charge in [0.25, 0.3) is 0 Å². The largest absolute Gasteiger partial charge is 0.478 e. The monoisotopic (exact) mass is 277 g/mol. The first-order chi connectivity index (χ1) is 9.49. The van der Waals surface area contributed by atoms with E-state index in [0.717, 1.165) is 5.56 Å². The van der Waals surface area contributed by atoms with Gasteiger partial charge in [-0.25, -0.2) is 9.18 Å². The maximum atomic E-state index is 13.5. The standard InChI is InChI=1S/C15H16FNO3/c1-9-5-11(6-10(2)14(9)16)7-17-8-13-12(15(18)19)3-4-20-13/h3-6,17H,7-8H2,1-2H3,(H,18,19). The number of carboxylic acids is 1. The Morgan fingerprint density at radius 2 is 1.95 bits per heavy atom. The number of hydrogen-bond acceptors (Lipinski definition) is 3. The van der Waals surface area contributed by atoms with Crippen molar-refractivity contribution in [2.45, 2.75) is 26.9 Å². The third-order valence-electron chi connectivity index (χ3n) is 3.09. The number of furan rings is 1. The van der Waals surface area contributed by atoms with Gasteiger partial charge in [-0.15, -0.1) is 0 Å². The average Bonchev–Trinajstić information content (AvgIpc) is 2.84. The zero-order valence-corrected chi connectivity index (χ0v) is 11.4. The molecule has 0 aliphatic heterocycles. The number of rotatable bonds is 5. The van der Waals surface area contributed by atoms with Gasteiger partial charge in [0.05, 0.1) is 12.8 Å². The van der Waals surface area contributed by atoms with Crippen molar-refractivity contribution in [3.63, 3.8) is 0 Å². The SMILES string of the molecule is Cc1cc(CNCc2occc2C(=O)O)cc(C)c1F. The molecule has 0 amide bonds. The summed E-state index contributed by atoms with van der Waals surface area (Å²) in [5.74, 6) is -0.815. The molecule has 0 bridgehead atoms. The molecule has 0 saturated heterocycles. The van der Waals surface area contributed by atoms with Crippen LogP contribution in [0.2, 0.25) is 0 Å². The minimum absolute atomic E-state index is 0.156. The van der Waals surface area contributed by atoms with Gasteiger partial charge in [0.15, 0.2) is 0 Å². The topological polar surface area (TPSA) is 62.5 Å². The van der Waals surface area contributed by atoms with Crippen LogP contribution in [-0.4, -0.2) is 11.1 Å². The molecular formula is C15H16FNO3. The van der Waals surface area contributed by atoms with E-state index >= 15 is 0 Å². The third kappa shape index (κ3) is 3.05. The number of aryl methyl sites for hydroxylation is 2. The van der Waals surface area contributed by atoms with E-state index in [0.29, 0.717) is 30.0 Å². The maximum Gasteiger partial charge on any atom is 0.339 e. The molecule has 2 aromatic rings. The van der Waals surface area contributed by atoms with Crippen LogP contribution >= 0.6 is 0 Å². The predicted octanol–water partition coefficient (Wildman–Crippen LogP) is 3.02. The van der Waals surface area contributed by atoms with E-state index in [1.807, 2.05) is 0 Å². The lowest BCUT2D eigenvalue weighted by Gasteiger charge is -2.08. The zero-order chi connectivity index (χ0) is 14.7. The number of carbonyl (C=O) groups is 1. The minimum Gasteiger partial charge on any atom is -0.478 e.